The molecule has 0 saturated carbocycles. The van der Waals surface area contributed by atoms with Crippen LogP contribution >= 0.6 is 23.2 Å². The second kappa shape index (κ2) is 15.1. The van der Waals surface area contributed by atoms with E-state index in [1.807, 2.05) is 54.6 Å². The number of carbonyl (C=O) groups is 4. The van der Waals surface area contributed by atoms with Gasteiger partial charge in [0.25, 0.3) is 11.8 Å². The molecule has 1 aromatic heterocycles. The molecule has 0 radical (unpaired) electrons. The van der Waals surface area contributed by atoms with Gasteiger partial charge >= 0.3 is 5.97 Å². The molecule has 7 rings (SSSR count). The second-order valence-corrected chi connectivity index (χ2v) is 14.0. The maximum atomic E-state index is 13.8. The molecule has 2 aliphatic rings. The summed E-state index contributed by atoms with van der Waals surface area (Å²) in [6.07, 6.45) is 4.36. The average Bonchev–Trinajstić information content (AvgIpc) is 3.79. The molecule has 260 valence electrons. The van der Waals surface area contributed by atoms with Gasteiger partial charge in [0.15, 0.2) is 0 Å². The zero-order chi connectivity index (χ0) is 35.5. The highest BCUT2D eigenvalue weighted by Gasteiger charge is 2.31. The predicted octanol–water partition coefficient (Wildman–Crippen LogP) is 8.25. The van der Waals surface area contributed by atoms with Gasteiger partial charge in [-0.15, -0.1) is 0 Å². The van der Waals surface area contributed by atoms with E-state index in [1.165, 1.54) is 11.1 Å². The van der Waals surface area contributed by atoms with Crippen LogP contribution in [0.1, 0.15) is 80.1 Å². The molecular weight excluding hydrogens is 687 g/mol. The fraction of sp³-hybridized carbons (Fsp3) is 0.268. The summed E-state index contributed by atoms with van der Waals surface area (Å²) < 4.78 is 11.1. The van der Waals surface area contributed by atoms with Crippen LogP contribution in [-0.4, -0.2) is 41.1 Å². The molecule has 2 atom stereocenters. The number of nitrogens with one attached hydrogen (secondary N) is 1. The standard InChI is InChI=1S/C41H36Cl2N2O6/c42-34-21-30-23-45(40(48)29-13-11-27-17-19-50-36(27)22-29)18-16-33(30)38(43)37(34)39(47)44-35(41(49)51-24-25-6-2-1-3-7-25)15-14-31(46)20-28-12-10-26-8-4-5-9-32(26)28/h1-9,11,13,17,19,21-22,28,35H,10,12,14-16,18,20,23-24H2,(H,44,47)/t28-,35-/m0/s1. The fourth-order valence-corrected chi connectivity index (χ4v) is 7.92. The summed E-state index contributed by atoms with van der Waals surface area (Å²) in [6, 6.07) is 25.1. The minimum atomic E-state index is -1.11. The van der Waals surface area contributed by atoms with E-state index < -0.39 is 17.9 Å². The molecule has 1 N–H and O–H groups in total. The molecule has 0 unspecified atom stereocenters. The summed E-state index contributed by atoms with van der Waals surface area (Å²) in [5, 5.41) is 3.95. The number of rotatable bonds is 11. The minimum Gasteiger partial charge on any atom is -0.464 e. The zero-order valence-electron chi connectivity index (χ0n) is 27.8. The van der Waals surface area contributed by atoms with E-state index in [4.69, 9.17) is 32.4 Å². The number of nitrogens with zero attached hydrogens (tertiary/aromatic N) is 1. The summed E-state index contributed by atoms with van der Waals surface area (Å²) >= 11 is 13.6. The first-order valence-electron chi connectivity index (χ1n) is 17.1. The molecule has 1 aliphatic heterocycles. The van der Waals surface area contributed by atoms with Gasteiger partial charge in [-0.2, -0.15) is 0 Å². The third-order valence-corrected chi connectivity index (χ3v) is 10.6. The number of Topliss-reactive ketones (excluding diaryl/α,β-unsaturated/α-hetero) is 1. The number of furan rings is 1. The van der Waals surface area contributed by atoms with Crippen molar-refractivity contribution in [1.29, 1.82) is 0 Å². The van der Waals surface area contributed by atoms with Crippen molar-refractivity contribution < 1.29 is 28.3 Å². The van der Waals surface area contributed by atoms with Gasteiger partial charge in [-0.3, -0.25) is 14.4 Å². The Morgan fingerprint density at radius 3 is 2.57 bits per heavy atom. The second-order valence-electron chi connectivity index (χ2n) is 13.2. The van der Waals surface area contributed by atoms with E-state index in [9.17, 15) is 19.2 Å². The lowest BCUT2D eigenvalue weighted by molar-refractivity contribution is -0.147. The maximum absolute atomic E-state index is 13.8. The molecule has 5 aromatic rings. The molecular formula is C41H36Cl2N2O6. The molecule has 51 heavy (non-hydrogen) atoms. The summed E-state index contributed by atoms with van der Waals surface area (Å²) in [5.41, 5.74) is 5.89. The van der Waals surface area contributed by atoms with Gasteiger partial charge in [-0.1, -0.05) is 83.9 Å². The number of benzene rings is 4. The molecule has 0 saturated heterocycles. The molecule has 2 amide bonds. The number of hydrogen-bond donors (Lipinski definition) is 1. The number of amides is 2. The van der Waals surface area contributed by atoms with Crippen LogP contribution in [0.5, 0.6) is 0 Å². The highest BCUT2D eigenvalue weighted by molar-refractivity contribution is 6.40. The van der Waals surface area contributed by atoms with Crippen LogP contribution < -0.4 is 5.32 Å². The van der Waals surface area contributed by atoms with Crippen molar-refractivity contribution in [2.45, 2.75) is 63.6 Å². The summed E-state index contributed by atoms with van der Waals surface area (Å²) in [6.45, 7) is 0.657. The van der Waals surface area contributed by atoms with Gasteiger partial charge < -0.3 is 19.4 Å². The van der Waals surface area contributed by atoms with Crippen LogP contribution in [0.4, 0.5) is 0 Å². The van der Waals surface area contributed by atoms with Crippen molar-refractivity contribution in [3.05, 3.63) is 140 Å². The number of fused-ring (bicyclic) bond motifs is 3. The van der Waals surface area contributed by atoms with Crippen molar-refractivity contribution in [1.82, 2.24) is 10.2 Å². The monoisotopic (exact) mass is 722 g/mol. The van der Waals surface area contributed by atoms with Crippen LogP contribution in [-0.2, 0) is 40.3 Å². The van der Waals surface area contributed by atoms with Crippen molar-refractivity contribution in [2.75, 3.05) is 6.54 Å². The zero-order valence-corrected chi connectivity index (χ0v) is 29.3. The van der Waals surface area contributed by atoms with Gasteiger partial charge in [0.2, 0.25) is 0 Å². The number of esters is 1. The smallest absolute Gasteiger partial charge is 0.328 e. The van der Waals surface area contributed by atoms with Gasteiger partial charge in [-0.25, -0.2) is 4.79 Å². The topological polar surface area (TPSA) is 106 Å². The molecule has 2 heterocycles. The van der Waals surface area contributed by atoms with E-state index in [0.29, 0.717) is 36.1 Å². The number of aryl methyl sites for hydroxylation is 1. The van der Waals surface area contributed by atoms with Gasteiger partial charge in [-0.05, 0) is 83.7 Å². The highest BCUT2D eigenvalue weighted by Crippen LogP contribution is 2.37. The maximum Gasteiger partial charge on any atom is 0.328 e. The lowest BCUT2D eigenvalue weighted by Gasteiger charge is -2.30. The number of halogens is 2. The SMILES string of the molecule is O=C(CC[C@H](NC(=O)c1c(Cl)cc2c(c1Cl)CCN(C(=O)c1ccc3ccoc3c1)C2)C(=O)OCc1ccccc1)C[C@@H]1CCc2ccccc21. The number of carbonyl (C=O) groups excluding carboxylic acids is 4. The summed E-state index contributed by atoms with van der Waals surface area (Å²) in [7, 11) is 0. The van der Waals surface area contributed by atoms with E-state index in [0.717, 1.165) is 29.4 Å². The van der Waals surface area contributed by atoms with Crippen molar-refractivity contribution in [3.8, 4) is 0 Å². The Bertz CT molecular complexity index is 2130. The fourth-order valence-electron chi connectivity index (χ4n) is 7.15. The summed E-state index contributed by atoms with van der Waals surface area (Å²) in [4.78, 5) is 55.6. The van der Waals surface area contributed by atoms with E-state index in [-0.39, 0.29) is 59.2 Å². The summed E-state index contributed by atoms with van der Waals surface area (Å²) in [5.74, 6) is -1.29. The molecule has 1 aliphatic carbocycles. The minimum absolute atomic E-state index is 0.0137. The van der Waals surface area contributed by atoms with Crippen molar-refractivity contribution in [2.24, 2.45) is 0 Å². The lowest BCUT2D eigenvalue weighted by Crippen LogP contribution is -2.42. The van der Waals surface area contributed by atoms with Crippen LogP contribution in [0.3, 0.4) is 0 Å². The third kappa shape index (κ3) is 7.58. The molecule has 8 nitrogen and oxygen atoms in total. The molecule has 0 fully saturated rings. The van der Waals surface area contributed by atoms with E-state index in [2.05, 4.69) is 17.4 Å². The van der Waals surface area contributed by atoms with Crippen LogP contribution in [0.25, 0.3) is 11.0 Å². The first kappa shape index (κ1) is 34.5. The Morgan fingerprint density at radius 1 is 0.922 bits per heavy atom. The average molecular weight is 724 g/mol. The normalized spacial score (nSPS) is 15.6. The van der Waals surface area contributed by atoms with Crippen LogP contribution in [0.2, 0.25) is 10.0 Å². The van der Waals surface area contributed by atoms with Crippen molar-refractivity contribution in [3.63, 3.8) is 0 Å². The Balaban J connectivity index is 1.05. The number of hydrogen-bond acceptors (Lipinski definition) is 6. The highest BCUT2D eigenvalue weighted by atomic mass is 35.5. The first-order chi connectivity index (χ1) is 24.7. The Labute approximate surface area is 305 Å². The van der Waals surface area contributed by atoms with E-state index >= 15 is 0 Å². The first-order valence-corrected chi connectivity index (χ1v) is 17.9. The van der Waals surface area contributed by atoms with E-state index in [1.54, 1.807) is 29.4 Å². The van der Waals surface area contributed by atoms with Gasteiger partial charge in [0.05, 0.1) is 21.9 Å². The molecule has 0 spiro atoms. The largest absolute Gasteiger partial charge is 0.464 e. The molecule has 0 bridgehead atoms. The Kier molecular flexibility index (Phi) is 10.2. The molecule has 10 heteroatoms. The quantitative estimate of drug-likeness (QED) is 0.138. The Hall–Kier alpha value is -4.92. The third-order valence-electron chi connectivity index (χ3n) is 9.88. The predicted molar refractivity (Wildman–Crippen MR) is 195 cm³/mol. The van der Waals surface area contributed by atoms with Gasteiger partial charge in [0.1, 0.15) is 24.0 Å². The van der Waals surface area contributed by atoms with Crippen LogP contribution in [0, 0.1) is 0 Å². The molecule has 4 aromatic carbocycles. The lowest BCUT2D eigenvalue weighted by atomic mass is 9.93. The Morgan fingerprint density at radius 2 is 1.73 bits per heavy atom. The van der Waals surface area contributed by atoms with Gasteiger partial charge in [0, 0.05) is 36.9 Å². The van der Waals surface area contributed by atoms with Crippen molar-refractivity contribution >= 4 is 57.7 Å². The van der Waals surface area contributed by atoms with Crippen LogP contribution in [0.15, 0.2) is 95.6 Å². The number of ketones is 1. The number of ether oxygens (including phenoxy) is 1.